The van der Waals surface area contributed by atoms with Gasteiger partial charge in [0.05, 0.1) is 29.7 Å². The highest BCUT2D eigenvalue weighted by molar-refractivity contribution is 7.89. The summed E-state index contributed by atoms with van der Waals surface area (Å²) in [5.74, 6) is -0.653. The maximum Gasteiger partial charge on any atom is 0.321 e. The largest absolute Gasteiger partial charge is 0.468 e. The molecule has 0 aliphatic carbocycles. The van der Waals surface area contributed by atoms with E-state index in [1.165, 1.54) is 31.4 Å². The molecule has 0 radical (unpaired) electrons. The predicted octanol–water partition coefficient (Wildman–Crippen LogP) is 2.87. The number of methoxy groups -OCH3 is 1. The van der Waals surface area contributed by atoms with Crippen molar-refractivity contribution in [2.45, 2.75) is 24.3 Å². The molecular weight excluding hydrogens is 352 g/mol. The van der Waals surface area contributed by atoms with Gasteiger partial charge in [-0.15, -0.1) is 0 Å². The fraction of sp³-hybridized carbons (Fsp3) is 0.263. The lowest BCUT2D eigenvalue weighted by atomic mass is 10.0. The summed E-state index contributed by atoms with van der Waals surface area (Å²) in [6, 6.07) is 16.3. The number of esters is 1. The molecule has 0 N–H and O–H groups in total. The molecule has 0 bridgehead atoms. The standard InChI is InChI=1S/C19H20N2O4S/c1-3-18(16-9-5-4-6-10-16)21(14-19(22)25-2)26(23,24)17-11-7-8-15(12-17)13-20/h4-12,18H,3,14H2,1-2H3/t18-/m1/s1. The van der Waals surface area contributed by atoms with Crippen LogP contribution in [-0.2, 0) is 19.6 Å². The Balaban J connectivity index is 2.55. The van der Waals surface area contributed by atoms with E-state index in [-0.39, 0.29) is 10.5 Å². The Hall–Kier alpha value is -2.69. The number of ether oxygens (including phenoxy) is 1. The van der Waals surface area contributed by atoms with E-state index in [9.17, 15) is 13.2 Å². The molecule has 136 valence electrons. The first-order chi connectivity index (χ1) is 12.4. The van der Waals surface area contributed by atoms with Crippen LogP contribution in [-0.4, -0.2) is 32.3 Å². The summed E-state index contributed by atoms with van der Waals surface area (Å²) in [6.45, 7) is 1.44. The average molecular weight is 372 g/mol. The van der Waals surface area contributed by atoms with Gasteiger partial charge in [0, 0.05) is 0 Å². The monoisotopic (exact) mass is 372 g/mol. The second-order valence-electron chi connectivity index (χ2n) is 5.60. The van der Waals surface area contributed by atoms with Crippen molar-refractivity contribution >= 4 is 16.0 Å². The summed E-state index contributed by atoms with van der Waals surface area (Å²) < 4.78 is 32.3. The third-order valence-electron chi connectivity index (χ3n) is 4.00. The maximum absolute atomic E-state index is 13.2. The molecule has 0 aliphatic heterocycles. The molecule has 2 aromatic carbocycles. The SMILES string of the molecule is CC[C@H](c1ccccc1)N(CC(=O)OC)S(=O)(=O)c1cccc(C#N)c1. The third kappa shape index (κ3) is 4.28. The number of hydrogen-bond donors (Lipinski definition) is 0. The second kappa shape index (κ2) is 8.61. The van der Waals surface area contributed by atoms with E-state index in [1.807, 2.05) is 43.3 Å². The van der Waals surface area contributed by atoms with Gasteiger partial charge in [0.1, 0.15) is 6.54 Å². The van der Waals surface area contributed by atoms with Crippen LogP contribution in [0.4, 0.5) is 0 Å². The summed E-state index contributed by atoms with van der Waals surface area (Å²) in [7, 11) is -2.80. The average Bonchev–Trinajstić information content (AvgIpc) is 2.68. The van der Waals surface area contributed by atoms with Crippen LogP contribution in [0.1, 0.15) is 30.5 Å². The molecule has 0 aromatic heterocycles. The number of nitrogens with zero attached hydrogens (tertiary/aromatic N) is 2. The molecule has 1 atom stereocenters. The fourth-order valence-corrected chi connectivity index (χ4v) is 4.38. The van der Waals surface area contributed by atoms with E-state index in [4.69, 9.17) is 5.26 Å². The molecule has 0 aliphatic rings. The van der Waals surface area contributed by atoms with Gasteiger partial charge in [-0.2, -0.15) is 9.57 Å². The van der Waals surface area contributed by atoms with Gasteiger partial charge in [0.2, 0.25) is 10.0 Å². The zero-order chi connectivity index (χ0) is 19.2. The third-order valence-corrected chi connectivity index (χ3v) is 5.85. The Morgan fingerprint density at radius 1 is 1.19 bits per heavy atom. The van der Waals surface area contributed by atoms with Crippen LogP contribution in [0.3, 0.4) is 0 Å². The number of carbonyl (C=O) groups is 1. The van der Waals surface area contributed by atoms with Crippen LogP contribution in [0.15, 0.2) is 59.5 Å². The molecular formula is C19H20N2O4S. The smallest absolute Gasteiger partial charge is 0.321 e. The van der Waals surface area contributed by atoms with Crippen molar-refractivity contribution in [1.29, 1.82) is 5.26 Å². The van der Waals surface area contributed by atoms with E-state index in [1.54, 1.807) is 0 Å². The van der Waals surface area contributed by atoms with E-state index >= 15 is 0 Å². The summed E-state index contributed by atoms with van der Waals surface area (Å²) in [4.78, 5) is 11.9. The highest BCUT2D eigenvalue weighted by atomic mass is 32.2. The summed E-state index contributed by atoms with van der Waals surface area (Å²) in [5.41, 5.74) is 1.01. The van der Waals surface area contributed by atoms with Crippen molar-refractivity contribution < 1.29 is 17.9 Å². The molecule has 7 heteroatoms. The molecule has 0 spiro atoms. The number of hydrogen-bond acceptors (Lipinski definition) is 5. The van der Waals surface area contributed by atoms with Gasteiger partial charge in [-0.3, -0.25) is 4.79 Å². The van der Waals surface area contributed by atoms with Gasteiger partial charge in [0.15, 0.2) is 0 Å². The van der Waals surface area contributed by atoms with Crippen molar-refractivity contribution in [3.8, 4) is 6.07 Å². The lowest BCUT2D eigenvalue weighted by Gasteiger charge is -2.29. The fourth-order valence-electron chi connectivity index (χ4n) is 2.70. The number of rotatable bonds is 7. The molecule has 2 aromatic rings. The van der Waals surface area contributed by atoms with Crippen molar-refractivity contribution in [2.24, 2.45) is 0 Å². The van der Waals surface area contributed by atoms with Gasteiger partial charge in [-0.1, -0.05) is 43.3 Å². The zero-order valence-electron chi connectivity index (χ0n) is 14.6. The molecule has 0 unspecified atom stereocenters. The van der Waals surface area contributed by atoms with E-state index in [0.717, 1.165) is 9.87 Å². The first-order valence-electron chi connectivity index (χ1n) is 8.07. The van der Waals surface area contributed by atoms with Crippen molar-refractivity contribution in [3.63, 3.8) is 0 Å². The minimum atomic E-state index is -4.02. The first kappa shape index (κ1) is 19.6. The van der Waals surface area contributed by atoms with Crippen LogP contribution in [0.2, 0.25) is 0 Å². The predicted molar refractivity (Wildman–Crippen MR) is 96.5 cm³/mol. The molecule has 0 fully saturated rings. The normalized spacial score (nSPS) is 12.4. The number of benzene rings is 2. The summed E-state index contributed by atoms with van der Waals surface area (Å²) >= 11 is 0. The van der Waals surface area contributed by atoms with Crippen LogP contribution in [0.5, 0.6) is 0 Å². The molecule has 0 heterocycles. The lowest BCUT2D eigenvalue weighted by Crippen LogP contribution is -2.39. The zero-order valence-corrected chi connectivity index (χ0v) is 15.4. The first-order valence-corrected chi connectivity index (χ1v) is 9.51. The van der Waals surface area contributed by atoms with Crippen molar-refractivity contribution in [2.75, 3.05) is 13.7 Å². The van der Waals surface area contributed by atoms with Gasteiger partial charge in [-0.05, 0) is 30.2 Å². The van der Waals surface area contributed by atoms with Crippen molar-refractivity contribution in [3.05, 3.63) is 65.7 Å². The highest BCUT2D eigenvalue weighted by Gasteiger charge is 2.33. The Bertz CT molecular complexity index is 905. The topological polar surface area (TPSA) is 87.5 Å². The molecule has 0 saturated heterocycles. The summed E-state index contributed by atoms with van der Waals surface area (Å²) in [5, 5.41) is 9.05. The van der Waals surface area contributed by atoms with E-state index in [2.05, 4.69) is 4.74 Å². The van der Waals surface area contributed by atoms with E-state index < -0.39 is 28.6 Å². The van der Waals surface area contributed by atoms with Crippen molar-refractivity contribution in [1.82, 2.24) is 4.31 Å². The Labute approximate surface area is 153 Å². The van der Waals surface area contributed by atoms with Crippen LogP contribution in [0, 0.1) is 11.3 Å². The molecule has 0 amide bonds. The quantitative estimate of drug-likeness (QED) is 0.698. The minimum Gasteiger partial charge on any atom is -0.468 e. The number of sulfonamides is 1. The van der Waals surface area contributed by atoms with Crippen LogP contribution in [0.25, 0.3) is 0 Å². The van der Waals surface area contributed by atoms with Gasteiger partial charge in [0.25, 0.3) is 0 Å². The maximum atomic E-state index is 13.2. The van der Waals surface area contributed by atoms with E-state index in [0.29, 0.717) is 6.42 Å². The highest BCUT2D eigenvalue weighted by Crippen LogP contribution is 2.30. The summed E-state index contributed by atoms with van der Waals surface area (Å²) in [6.07, 6.45) is 0.470. The second-order valence-corrected chi connectivity index (χ2v) is 7.49. The molecule has 6 nitrogen and oxygen atoms in total. The molecule has 0 saturated carbocycles. The van der Waals surface area contributed by atoms with Crippen LogP contribution < -0.4 is 0 Å². The number of carbonyl (C=O) groups excluding carboxylic acids is 1. The van der Waals surface area contributed by atoms with Gasteiger partial charge in [-0.25, -0.2) is 8.42 Å². The lowest BCUT2D eigenvalue weighted by molar-refractivity contribution is -0.141. The van der Waals surface area contributed by atoms with Gasteiger partial charge >= 0.3 is 5.97 Å². The van der Waals surface area contributed by atoms with Crippen LogP contribution >= 0.6 is 0 Å². The van der Waals surface area contributed by atoms with Gasteiger partial charge < -0.3 is 4.74 Å². The Kier molecular flexibility index (Phi) is 6.50. The molecule has 26 heavy (non-hydrogen) atoms. The minimum absolute atomic E-state index is 0.0326. The Morgan fingerprint density at radius 3 is 2.46 bits per heavy atom. The number of nitriles is 1. The Morgan fingerprint density at radius 2 is 1.88 bits per heavy atom. The molecule has 2 rings (SSSR count).